The number of likely N-dealkylation sites (tertiary alicyclic amines) is 1. The zero-order valence-electron chi connectivity index (χ0n) is 20.8. The van der Waals surface area contributed by atoms with Crippen molar-refractivity contribution in [3.63, 3.8) is 0 Å². The molecule has 0 radical (unpaired) electrons. The number of aromatic amines is 2. The average molecular weight is 489 g/mol. The third kappa shape index (κ3) is 4.09. The molecule has 0 amide bonds. The second kappa shape index (κ2) is 8.97. The van der Waals surface area contributed by atoms with Crippen LogP contribution in [0, 0.1) is 6.92 Å². The number of hydrogen-bond acceptors (Lipinski definition) is 5. The number of piperidine rings is 1. The van der Waals surface area contributed by atoms with Gasteiger partial charge in [0, 0.05) is 47.7 Å². The summed E-state index contributed by atoms with van der Waals surface area (Å²) in [5.41, 5.74) is 8.32. The number of H-pyrrole nitrogens is 2. The standard InChI is InChI=1S/C29H28N8/c1-19-16-37(18-32-19)29-24-13-27(33-25(24)7-8-31-29)28-23-12-21(5-6-26(23)34-35-28)22-11-20(14-30-15-22)17-36-9-3-2-4-10-36/h5-8,11-16,18,33H,2-4,9-10,17H2,1H3,(H,34,35). The van der Waals surface area contributed by atoms with Gasteiger partial charge < -0.3 is 4.98 Å². The van der Waals surface area contributed by atoms with Gasteiger partial charge >= 0.3 is 0 Å². The Labute approximate surface area is 214 Å². The molecule has 7 rings (SSSR count). The van der Waals surface area contributed by atoms with E-state index in [1.165, 1.54) is 37.9 Å². The van der Waals surface area contributed by atoms with Gasteiger partial charge in [0.2, 0.25) is 0 Å². The van der Waals surface area contributed by atoms with Gasteiger partial charge in [-0.1, -0.05) is 12.5 Å². The molecule has 0 saturated carbocycles. The molecule has 1 aromatic carbocycles. The summed E-state index contributed by atoms with van der Waals surface area (Å²) >= 11 is 0. The highest BCUT2D eigenvalue weighted by Gasteiger charge is 2.16. The number of nitrogens with zero attached hydrogens (tertiary/aromatic N) is 6. The molecule has 5 aromatic heterocycles. The number of aryl methyl sites for hydroxylation is 1. The minimum atomic E-state index is 0.845. The minimum absolute atomic E-state index is 0.845. The monoisotopic (exact) mass is 488 g/mol. The second-order valence-electron chi connectivity index (χ2n) is 9.95. The molecule has 0 spiro atoms. The molecule has 0 unspecified atom stereocenters. The van der Waals surface area contributed by atoms with Crippen molar-refractivity contribution < 1.29 is 0 Å². The van der Waals surface area contributed by atoms with Crippen LogP contribution in [0.5, 0.6) is 0 Å². The topological polar surface area (TPSA) is 91.3 Å². The van der Waals surface area contributed by atoms with Crippen LogP contribution < -0.4 is 0 Å². The lowest BCUT2D eigenvalue weighted by atomic mass is 10.0. The molecular weight excluding hydrogens is 460 g/mol. The summed E-state index contributed by atoms with van der Waals surface area (Å²) in [5.74, 6) is 0.845. The summed E-state index contributed by atoms with van der Waals surface area (Å²) in [6, 6.07) is 12.8. The van der Waals surface area contributed by atoms with Crippen LogP contribution in [0.1, 0.15) is 30.5 Å². The zero-order valence-corrected chi connectivity index (χ0v) is 20.8. The van der Waals surface area contributed by atoms with Crippen molar-refractivity contribution in [1.82, 2.24) is 39.6 Å². The fraction of sp³-hybridized carbons (Fsp3) is 0.241. The Morgan fingerprint density at radius 3 is 2.68 bits per heavy atom. The zero-order chi connectivity index (χ0) is 24.8. The molecule has 0 atom stereocenters. The van der Waals surface area contributed by atoms with Gasteiger partial charge in [0.1, 0.15) is 17.8 Å². The van der Waals surface area contributed by atoms with E-state index >= 15 is 0 Å². The van der Waals surface area contributed by atoms with Crippen molar-refractivity contribution in [2.75, 3.05) is 13.1 Å². The van der Waals surface area contributed by atoms with Crippen molar-refractivity contribution in [1.29, 1.82) is 0 Å². The van der Waals surface area contributed by atoms with E-state index in [0.717, 1.165) is 62.4 Å². The smallest absolute Gasteiger partial charge is 0.147 e. The highest BCUT2D eigenvalue weighted by Crippen LogP contribution is 2.33. The molecule has 0 bridgehead atoms. The van der Waals surface area contributed by atoms with Crippen molar-refractivity contribution in [2.24, 2.45) is 0 Å². The Balaban J connectivity index is 1.26. The van der Waals surface area contributed by atoms with Gasteiger partial charge in [-0.15, -0.1) is 0 Å². The maximum Gasteiger partial charge on any atom is 0.147 e. The van der Waals surface area contributed by atoms with E-state index < -0.39 is 0 Å². The number of nitrogens with one attached hydrogen (secondary N) is 2. The average Bonchev–Trinajstić information content (AvgIpc) is 3.66. The molecule has 37 heavy (non-hydrogen) atoms. The number of pyridine rings is 2. The summed E-state index contributed by atoms with van der Waals surface area (Å²) < 4.78 is 1.96. The van der Waals surface area contributed by atoms with Gasteiger partial charge in [-0.05, 0) is 74.3 Å². The number of imidazole rings is 1. The van der Waals surface area contributed by atoms with Crippen LogP contribution in [-0.4, -0.2) is 52.7 Å². The molecule has 0 aliphatic carbocycles. The van der Waals surface area contributed by atoms with Crippen LogP contribution in [0.25, 0.3) is 50.1 Å². The fourth-order valence-electron chi connectivity index (χ4n) is 5.42. The Bertz CT molecular complexity index is 1720. The summed E-state index contributed by atoms with van der Waals surface area (Å²) in [7, 11) is 0. The molecule has 1 aliphatic heterocycles. The molecule has 184 valence electrons. The molecule has 1 aliphatic rings. The lowest BCUT2D eigenvalue weighted by Crippen LogP contribution is -2.29. The predicted octanol–water partition coefficient (Wildman–Crippen LogP) is 5.65. The normalized spacial score (nSPS) is 14.6. The van der Waals surface area contributed by atoms with Crippen LogP contribution in [0.3, 0.4) is 0 Å². The number of aromatic nitrogens is 7. The van der Waals surface area contributed by atoms with Crippen LogP contribution in [-0.2, 0) is 6.54 Å². The Morgan fingerprint density at radius 2 is 1.81 bits per heavy atom. The molecule has 8 nitrogen and oxygen atoms in total. The number of rotatable bonds is 5. The van der Waals surface area contributed by atoms with E-state index in [0.29, 0.717) is 0 Å². The first-order valence-corrected chi connectivity index (χ1v) is 12.9. The van der Waals surface area contributed by atoms with E-state index in [1.54, 1.807) is 6.33 Å². The Kier molecular flexibility index (Phi) is 5.32. The van der Waals surface area contributed by atoms with Gasteiger partial charge in [0.05, 0.1) is 22.4 Å². The number of benzene rings is 1. The predicted molar refractivity (Wildman–Crippen MR) is 145 cm³/mol. The van der Waals surface area contributed by atoms with Crippen molar-refractivity contribution in [2.45, 2.75) is 32.7 Å². The molecule has 1 saturated heterocycles. The van der Waals surface area contributed by atoms with Crippen molar-refractivity contribution in [3.05, 3.63) is 78.8 Å². The molecular formula is C29H28N8. The molecule has 6 heterocycles. The third-order valence-corrected chi connectivity index (χ3v) is 7.28. The van der Waals surface area contributed by atoms with Crippen LogP contribution in [0.15, 0.2) is 67.5 Å². The third-order valence-electron chi connectivity index (χ3n) is 7.28. The number of hydrogen-bond donors (Lipinski definition) is 2. The van der Waals surface area contributed by atoms with Crippen molar-refractivity contribution >= 4 is 21.8 Å². The maximum atomic E-state index is 4.68. The van der Waals surface area contributed by atoms with E-state index in [-0.39, 0.29) is 0 Å². The Morgan fingerprint density at radius 1 is 0.892 bits per heavy atom. The summed E-state index contributed by atoms with van der Waals surface area (Å²) in [4.78, 5) is 19.6. The number of fused-ring (bicyclic) bond motifs is 2. The minimum Gasteiger partial charge on any atom is -0.353 e. The molecule has 1 fully saturated rings. The van der Waals surface area contributed by atoms with Gasteiger partial charge in [-0.25, -0.2) is 9.97 Å². The van der Waals surface area contributed by atoms with E-state index in [2.05, 4.69) is 65.4 Å². The van der Waals surface area contributed by atoms with Crippen molar-refractivity contribution in [3.8, 4) is 28.3 Å². The van der Waals surface area contributed by atoms with Gasteiger partial charge in [-0.3, -0.25) is 19.5 Å². The SMILES string of the molecule is Cc1cn(-c2nccc3[nH]c(-c4n[nH]c5ccc(-c6cncc(CN7CCCCC7)c6)cc45)cc23)cn1. The first-order chi connectivity index (χ1) is 18.2. The highest BCUT2D eigenvalue weighted by molar-refractivity contribution is 5.98. The molecule has 6 aromatic rings. The first-order valence-electron chi connectivity index (χ1n) is 12.9. The summed E-state index contributed by atoms with van der Waals surface area (Å²) in [6.45, 7) is 5.29. The summed E-state index contributed by atoms with van der Waals surface area (Å²) in [6.07, 6.45) is 13.5. The summed E-state index contributed by atoms with van der Waals surface area (Å²) in [5, 5.41) is 9.97. The van der Waals surface area contributed by atoms with Crippen LogP contribution in [0.2, 0.25) is 0 Å². The van der Waals surface area contributed by atoms with Gasteiger partial charge in [0.25, 0.3) is 0 Å². The lowest BCUT2D eigenvalue weighted by Gasteiger charge is -2.26. The van der Waals surface area contributed by atoms with Gasteiger partial charge in [0.15, 0.2) is 0 Å². The van der Waals surface area contributed by atoms with Crippen LogP contribution in [0.4, 0.5) is 0 Å². The fourth-order valence-corrected chi connectivity index (χ4v) is 5.42. The van der Waals surface area contributed by atoms with Crippen LogP contribution >= 0.6 is 0 Å². The van der Waals surface area contributed by atoms with E-state index in [1.807, 2.05) is 42.3 Å². The molecule has 2 N–H and O–H groups in total. The Hall–Kier alpha value is -4.30. The lowest BCUT2D eigenvalue weighted by molar-refractivity contribution is 0.220. The second-order valence-corrected chi connectivity index (χ2v) is 9.95. The first kappa shape index (κ1) is 21.9. The highest BCUT2D eigenvalue weighted by atomic mass is 15.1. The van der Waals surface area contributed by atoms with E-state index in [4.69, 9.17) is 0 Å². The maximum absolute atomic E-state index is 4.68. The van der Waals surface area contributed by atoms with E-state index in [9.17, 15) is 0 Å². The quantitative estimate of drug-likeness (QED) is 0.327. The molecule has 8 heteroatoms. The van der Waals surface area contributed by atoms with Gasteiger partial charge in [-0.2, -0.15) is 5.10 Å². The largest absolute Gasteiger partial charge is 0.353 e.